The summed E-state index contributed by atoms with van der Waals surface area (Å²) in [6.07, 6.45) is 0. The highest BCUT2D eigenvalue weighted by Crippen LogP contribution is 2.28. The van der Waals surface area contributed by atoms with Crippen LogP contribution in [0.5, 0.6) is 0 Å². The highest BCUT2D eigenvalue weighted by Gasteiger charge is 2.23. The van der Waals surface area contributed by atoms with Gasteiger partial charge in [0.2, 0.25) is 0 Å². The van der Waals surface area contributed by atoms with Crippen LogP contribution in [0, 0.1) is 11.6 Å². The van der Waals surface area contributed by atoms with E-state index in [2.05, 4.69) is 5.32 Å². The van der Waals surface area contributed by atoms with Gasteiger partial charge in [-0.05, 0) is 46.0 Å². The van der Waals surface area contributed by atoms with Gasteiger partial charge in [0.15, 0.2) is 0 Å². The van der Waals surface area contributed by atoms with Crippen molar-refractivity contribution >= 4 is 28.6 Å². The van der Waals surface area contributed by atoms with Crippen LogP contribution in [0.1, 0.15) is 26.8 Å². The third kappa shape index (κ3) is 2.93. The van der Waals surface area contributed by atoms with Crippen molar-refractivity contribution in [1.29, 1.82) is 0 Å². The average molecular weight is 335 g/mol. The summed E-state index contributed by atoms with van der Waals surface area (Å²) < 4.78 is 27.5. The van der Waals surface area contributed by atoms with E-state index in [0.717, 1.165) is 22.6 Å². The Morgan fingerprint density at radius 1 is 1.05 bits per heavy atom. The van der Waals surface area contributed by atoms with Gasteiger partial charge in [0.1, 0.15) is 17.2 Å². The van der Waals surface area contributed by atoms with Crippen LogP contribution in [0.25, 0.3) is 0 Å². The SMILES string of the molecule is O=C(N[C@@H](c1ccsc1)c1cccs1)c1c(F)cccc1F. The van der Waals surface area contributed by atoms with Crippen LogP contribution in [0.15, 0.2) is 52.5 Å². The lowest BCUT2D eigenvalue weighted by atomic mass is 10.1. The molecule has 3 rings (SSSR count). The summed E-state index contributed by atoms with van der Waals surface area (Å²) in [5.74, 6) is -2.50. The first-order chi connectivity index (χ1) is 10.7. The Labute approximate surface area is 134 Å². The van der Waals surface area contributed by atoms with Crippen LogP contribution in [-0.4, -0.2) is 5.91 Å². The second-order valence-corrected chi connectivity index (χ2v) is 6.33. The maximum absolute atomic E-state index is 13.7. The van der Waals surface area contributed by atoms with Crippen LogP contribution in [0.4, 0.5) is 8.78 Å². The molecule has 1 N–H and O–H groups in total. The Bertz CT molecular complexity index is 715. The van der Waals surface area contributed by atoms with Gasteiger partial charge >= 0.3 is 0 Å². The van der Waals surface area contributed by atoms with Crippen molar-refractivity contribution in [2.45, 2.75) is 6.04 Å². The second-order valence-electron chi connectivity index (χ2n) is 4.58. The maximum atomic E-state index is 13.7. The maximum Gasteiger partial charge on any atom is 0.258 e. The van der Waals surface area contributed by atoms with Crippen molar-refractivity contribution in [3.05, 3.63) is 80.2 Å². The summed E-state index contributed by atoms with van der Waals surface area (Å²) in [7, 11) is 0. The molecule has 0 bridgehead atoms. The molecule has 0 aliphatic heterocycles. The van der Waals surface area contributed by atoms with Gasteiger partial charge in [0, 0.05) is 4.88 Å². The third-order valence-corrected chi connectivity index (χ3v) is 4.81. The zero-order valence-electron chi connectivity index (χ0n) is 11.3. The van der Waals surface area contributed by atoms with E-state index < -0.39 is 29.1 Å². The van der Waals surface area contributed by atoms with Gasteiger partial charge in [-0.2, -0.15) is 11.3 Å². The lowest BCUT2D eigenvalue weighted by Crippen LogP contribution is -2.30. The van der Waals surface area contributed by atoms with Gasteiger partial charge in [0.25, 0.3) is 5.91 Å². The summed E-state index contributed by atoms with van der Waals surface area (Å²) in [5, 5.41) is 8.41. The lowest BCUT2D eigenvalue weighted by molar-refractivity contribution is 0.0935. The van der Waals surface area contributed by atoms with E-state index >= 15 is 0 Å². The van der Waals surface area contributed by atoms with Crippen molar-refractivity contribution in [3.8, 4) is 0 Å². The molecule has 0 fully saturated rings. The first-order valence-corrected chi connectivity index (χ1v) is 8.29. The predicted molar refractivity (Wildman–Crippen MR) is 84.3 cm³/mol. The highest BCUT2D eigenvalue weighted by atomic mass is 32.1. The molecule has 0 saturated heterocycles. The number of rotatable bonds is 4. The molecule has 0 saturated carbocycles. The van der Waals surface area contributed by atoms with E-state index in [0.29, 0.717) is 0 Å². The molecular formula is C16H11F2NOS2. The summed E-state index contributed by atoms with van der Waals surface area (Å²) in [6.45, 7) is 0. The molecule has 0 spiro atoms. The highest BCUT2D eigenvalue weighted by molar-refractivity contribution is 7.10. The number of carbonyl (C=O) groups excluding carboxylic acids is 1. The van der Waals surface area contributed by atoms with Gasteiger partial charge in [-0.1, -0.05) is 12.1 Å². The van der Waals surface area contributed by atoms with E-state index in [4.69, 9.17) is 0 Å². The Kier molecular flexibility index (Phi) is 4.31. The summed E-state index contributed by atoms with van der Waals surface area (Å²) in [4.78, 5) is 13.2. The summed E-state index contributed by atoms with van der Waals surface area (Å²) in [6, 6.07) is 8.59. The largest absolute Gasteiger partial charge is 0.340 e. The second kappa shape index (κ2) is 6.37. The molecule has 0 radical (unpaired) electrons. The zero-order valence-corrected chi connectivity index (χ0v) is 12.9. The lowest BCUT2D eigenvalue weighted by Gasteiger charge is -2.17. The number of thiophene rings is 2. The summed E-state index contributed by atoms with van der Waals surface area (Å²) in [5.41, 5.74) is 0.330. The predicted octanol–water partition coefficient (Wildman–Crippen LogP) is 4.61. The normalized spacial score (nSPS) is 12.1. The number of amides is 1. The molecule has 112 valence electrons. The van der Waals surface area contributed by atoms with Gasteiger partial charge in [-0.25, -0.2) is 8.78 Å². The van der Waals surface area contributed by atoms with Crippen LogP contribution in [-0.2, 0) is 0 Å². The minimum absolute atomic E-state index is 0.419. The van der Waals surface area contributed by atoms with Crippen molar-refractivity contribution in [1.82, 2.24) is 5.32 Å². The molecule has 0 unspecified atom stereocenters. The van der Waals surface area contributed by atoms with E-state index in [1.165, 1.54) is 28.7 Å². The number of hydrogen-bond donors (Lipinski definition) is 1. The van der Waals surface area contributed by atoms with Crippen LogP contribution in [0.3, 0.4) is 0 Å². The number of halogens is 2. The molecule has 6 heteroatoms. The van der Waals surface area contributed by atoms with Gasteiger partial charge in [-0.3, -0.25) is 4.79 Å². The monoisotopic (exact) mass is 335 g/mol. The molecule has 2 nitrogen and oxygen atoms in total. The van der Waals surface area contributed by atoms with Crippen molar-refractivity contribution in [2.75, 3.05) is 0 Å². The van der Waals surface area contributed by atoms with Gasteiger partial charge < -0.3 is 5.32 Å². The number of carbonyl (C=O) groups is 1. The minimum atomic E-state index is -0.868. The number of nitrogens with one attached hydrogen (secondary N) is 1. The first kappa shape index (κ1) is 14.9. The molecule has 3 aromatic rings. The number of hydrogen-bond acceptors (Lipinski definition) is 3. The molecular weight excluding hydrogens is 324 g/mol. The van der Waals surface area contributed by atoms with E-state index in [-0.39, 0.29) is 0 Å². The quantitative estimate of drug-likeness (QED) is 0.741. The third-order valence-electron chi connectivity index (χ3n) is 3.17. The van der Waals surface area contributed by atoms with E-state index in [1.807, 2.05) is 34.3 Å². The molecule has 1 atom stereocenters. The fourth-order valence-electron chi connectivity index (χ4n) is 2.13. The molecule has 22 heavy (non-hydrogen) atoms. The molecule has 1 aromatic carbocycles. The number of benzene rings is 1. The standard InChI is InChI=1S/C16H11F2NOS2/c17-11-3-1-4-12(18)14(11)16(20)19-15(10-6-8-21-9-10)13-5-2-7-22-13/h1-9,15H,(H,19,20)/t15-/m0/s1. The molecule has 1 amide bonds. The van der Waals surface area contributed by atoms with E-state index in [1.54, 1.807) is 0 Å². The fourth-order valence-corrected chi connectivity index (χ4v) is 3.62. The first-order valence-electron chi connectivity index (χ1n) is 6.47. The van der Waals surface area contributed by atoms with Crippen molar-refractivity contribution in [3.63, 3.8) is 0 Å². The van der Waals surface area contributed by atoms with Crippen LogP contribution in [0.2, 0.25) is 0 Å². The Morgan fingerprint density at radius 2 is 1.82 bits per heavy atom. The van der Waals surface area contributed by atoms with E-state index in [9.17, 15) is 13.6 Å². The topological polar surface area (TPSA) is 29.1 Å². The Morgan fingerprint density at radius 3 is 2.41 bits per heavy atom. The molecule has 0 aliphatic carbocycles. The summed E-state index contributed by atoms with van der Waals surface area (Å²) >= 11 is 2.98. The van der Waals surface area contributed by atoms with Crippen LogP contribution >= 0.6 is 22.7 Å². The molecule has 2 aromatic heterocycles. The average Bonchev–Trinajstić information content (AvgIpc) is 3.18. The van der Waals surface area contributed by atoms with Crippen molar-refractivity contribution in [2.24, 2.45) is 0 Å². The van der Waals surface area contributed by atoms with Gasteiger partial charge in [0.05, 0.1) is 6.04 Å². The Balaban J connectivity index is 1.93. The fraction of sp³-hybridized carbons (Fsp3) is 0.0625. The Hall–Kier alpha value is -2.05. The minimum Gasteiger partial charge on any atom is -0.340 e. The smallest absolute Gasteiger partial charge is 0.258 e. The molecule has 2 heterocycles. The zero-order chi connectivity index (χ0) is 15.5. The van der Waals surface area contributed by atoms with Crippen LogP contribution < -0.4 is 5.32 Å². The molecule has 0 aliphatic rings. The van der Waals surface area contributed by atoms with Gasteiger partial charge in [-0.15, -0.1) is 11.3 Å². The van der Waals surface area contributed by atoms with Crippen molar-refractivity contribution < 1.29 is 13.6 Å².